The predicted molar refractivity (Wildman–Crippen MR) is 105 cm³/mol. The predicted octanol–water partition coefficient (Wildman–Crippen LogP) is 3.83. The highest BCUT2D eigenvalue weighted by molar-refractivity contribution is 5.89. The van der Waals surface area contributed by atoms with Gasteiger partial charge in [-0.3, -0.25) is 4.79 Å². The number of amides is 1. The van der Waals surface area contributed by atoms with Crippen LogP contribution in [0.15, 0.2) is 30.3 Å². The lowest BCUT2D eigenvalue weighted by molar-refractivity contribution is -0.114. The van der Waals surface area contributed by atoms with Gasteiger partial charge in [-0.2, -0.15) is 5.26 Å². The van der Waals surface area contributed by atoms with Crippen molar-refractivity contribution in [2.45, 2.75) is 45.1 Å². The molecule has 1 aliphatic heterocycles. The number of carbonyl (C=O) groups excluding carboxylic acids is 1. The van der Waals surface area contributed by atoms with Crippen LogP contribution in [0.1, 0.15) is 50.7 Å². The Morgan fingerprint density at radius 2 is 2.19 bits per heavy atom. The van der Waals surface area contributed by atoms with Crippen molar-refractivity contribution in [3.05, 3.63) is 41.5 Å². The van der Waals surface area contributed by atoms with E-state index in [4.69, 9.17) is 10.5 Å². The zero-order valence-corrected chi connectivity index (χ0v) is 15.9. The van der Waals surface area contributed by atoms with Gasteiger partial charge in [0.2, 0.25) is 5.91 Å². The summed E-state index contributed by atoms with van der Waals surface area (Å²) in [6.07, 6.45) is 1.66. The van der Waals surface area contributed by atoms with Crippen molar-refractivity contribution >= 4 is 17.4 Å². The number of nitrogens with zero attached hydrogens (tertiary/aromatic N) is 2. The van der Waals surface area contributed by atoms with E-state index < -0.39 is 0 Å². The van der Waals surface area contributed by atoms with Crippen LogP contribution in [0.25, 0.3) is 11.3 Å². The lowest BCUT2D eigenvalue weighted by atomic mass is 9.81. The monoisotopic (exact) mass is 364 g/mol. The highest BCUT2D eigenvalue weighted by Crippen LogP contribution is 2.39. The van der Waals surface area contributed by atoms with E-state index in [2.05, 4.69) is 30.2 Å². The Hall–Kier alpha value is -2.91. The van der Waals surface area contributed by atoms with E-state index in [1.54, 1.807) is 0 Å². The lowest BCUT2D eigenvalue weighted by Crippen LogP contribution is -2.33. The largest absolute Gasteiger partial charge is 0.383 e. The van der Waals surface area contributed by atoms with Gasteiger partial charge in [-0.1, -0.05) is 12.1 Å². The van der Waals surface area contributed by atoms with Crippen LogP contribution < -0.4 is 11.1 Å². The van der Waals surface area contributed by atoms with E-state index in [0.717, 1.165) is 24.0 Å². The van der Waals surface area contributed by atoms with Gasteiger partial charge >= 0.3 is 0 Å². The zero-order chi connectivity index (χ0) is 19.6. The van der Waals surface area contributed by atoms with Crippen molar-refractivity contribution in [3.63, 3.8) is 0 Å². The third-order valence-corrected chi connectivity index (χ3v) is 4.81. The van der Waals surface area contributed by atoms with Crippen LogP contribution in [0.4, 0.5) is 11.5 Å². The highest BCUT2D eigenvalue weighted by Gasteiger charge is 2.32. The van der Waals surface area contributed by atoms with Crippen molar-refractivity contribution in [1.29, 1.82) is 5.26 Å². The summed E-state index contributed by atoms with van der Waals surface area (Å²) in [5.41, 5.74) is 9.48. The van der Waals surface area contributed by atoms with Crippen molar-refractivity contribution < 1.29 is 9.53 Å². The van der Waals surface area contributed by atoms with Crippen LogP contribution >= 0.6 is 0 Å². The van der Waals surface area contributed by atoms with Gasteiger partial charge in [0, 0.05) is 24.8 Å². The maximum atomic E-state index is 11.3. The fourth-order valence-electron chi connectivity index (χ4n) is 3.63. The smallest absolute Gasteiger partial charge is 0.221 e. The quantitative estimate of drug-likeness (QED) is 0.862. The minimum absolute atomic E-state index is 0.135. The van der Waals surface area contributed by atoms with E-state index in [1.807, 2.05) is 30.3 Å². The average Bonchev–Trinajstić information content (AvgIpc) is 2.60. The molecule has 1 aliphatic rings. The van der Waals surface area contributed by atoms with Gasteiger partial charge in [0.1, 0.15) is 11.9 Å². The topological polar surface area (TPSA) is 101 Å². The van der Waals surface area contributed by atoms with Gasteiger partial charge in [0.05, 0.1) is 16.9 Å². The second-order valence-electron chi connectivity index (χ2n) is 7.53. The minimum Gasteiger partial charge on any atom is -0.383 e. The van der Waals surface area contributed by atoms with Crippen molar-refractivity contribution in [3.8, 4) is 17.3 Å². The molecule has 0 aliphatic carbocycles. The summed E-state index contributed by atoms with van der Waals surface area (Å²) in [4.78, 5) is 15.8. The first-order valence-electron chi connectivity index (χ1n) is 9.01. The Labute approximate surface area is 159 Å². The Kier molecular flexibility index (Phi) is 5.15. The molecule has 2 aromatic rings. The summed E-state index contributed by atoms with van der Waals surface area (Å²) in [6, 6.07) is 11.6. The van der Waals surface area contributed by atoms with E-state index in [-0.39, 0.29) is 23.2 Å². The number of hydrogen-bond donors (Lipinski definition) is 2. The molecule has 1 saturated heterocycles. The molecule has 6 heteroatoms. The number of carbonyl (C=O) groups is 1. The molecule has 1 amide bonds. The van der Waals surface area contributed by atoms with Gasteiger partial charge in [-0.25, -0.2) is 4.98 Å². The number of hydrogen-bond acceptors (Lipinski definition) is 5. The summed E-state index contributed by atoms with van der Waals surface area (Å²) in [5.74, 6) is 0.287. The molecule has 6 nitrogen and oxygen atoms in total. The Bertz CT molecular complexity index is 915. The fourth-order valence-corrected chi connectivity index (χ4v) is 3.63. The standard InChI is InChI=1S/C21H24N4O2/c1-13(26)24-16-6-4-5-14(9-16)19-10-17(18(12-22)20(23)25-19)15-7-8-27-21(2,3)11-15/h4-6,9-10,15H,7-8,11H2,1-3H3,(H2,23,25)(H,24,26). The SMILES string of the molecule is CC(=O)Nc1cccc(-c2cc(C3CCOC(C)(C)C3)c(C#N)c(N)n2)c1. The van der Waals surface area contributed by atoms with E-state index in [1.165, 1.54) is 6.92 Å². The summed E-state index contributed by atoms with van der Waals surface area (Å²) in [7, 11) is 0. The third kappa shape index (κ3) is 4.26. The Morgan fingerprint density at radius 3 is 2.85 bits per heavy atom. The van der Waals surface area contributed by atoms with Crippen LogP contribution in [0, 0.1) is 11.3 Å². The zero-order valence-electron chi connectivity index (χ0n) is 15.9. The van der Waals surface area contributed by atoms with E-state index in [0.29, 0.717) is 23.6 Å². The summed E-state index contributed by atoms with van der Waals surface area (Å²) in [5, 5.41) is 12.4. The molecule has 1 atom stereocenters. The molecule has 0 radical (unpaired) electrons. The molecular weight excluding hydrogens is 340 g/mol. The summed E-state index contributed by atoms with van der Waals surface area (Å²) < 4.78 is 5.82. The molecule has 3 N–H and O–H groups in total. The number of nitrogens with two attached hydrogens (primary N) is 1. The first-order chi connectivity index (χ1) is 12.8. The first kappa shape index (κ1) is 18.9. The minimum atomic E-state index is -0.237. The molecule has 1 fully saturated rings. The number of nitriles is 1. The van der Waals surface area contributed by atoms with Crippen LogP contribution in [-0.4, -0.2) is 23.1 Å². The highest BCUT2D eigenvalue weighted by atomic mass is 16.5. The first-order valence-corrected chi connectivity index (χ1v) is 9.01. The van der Waals surface area contributed by atoms with Crippen molar-refractivity contribution in [2.75, 3.05) is 17.7 Å². The van der Waals surface area contributed by atoms with Crippen molar-refractivity contribution in [2.24, 2.45) is 0 Å². The van der Waals surface area contributed by atoms with Crippen LogP contribution in [-0.2, 0) is 9.53 Å². The second-order valence-corrected chi connectivity index (χ2v) is 7.53. The number of nitrogens with one attached hydrogen (secondary N) is 1. The Balaban J connectivity index is 2.05. The molecule has 0 saturated carbocycles. The maximum Gasteiger partial charge on any atom is 0.221 e. The molecule has 1 aromatic heterocycles. The number of anilines is 2. The maximum absolute atomic E-state index is 11.3. The lowest BCUT2D eigenvalue weighted by Gasteiger charge is -2.36. The normalized spacial score (nSPS) is 18.5. The number of pyridine rings is 1. The molecular formula is C21H24N4O2. The summed E-state index contributed by atoms with van der Waals surface area (Å²) in [6.45, 7) is 6.24. The average molecular weight is 364 g/mol. The van der Waals surface area contributed by atoms with Crippen LogP contribution in [0.3, 0.4) is 0 Å². The number of benzene rings is 1. The molecule has 27 heavy (non-hydrogen) atoms. The molecule has 140 valence electrons. The van der Waals surface area contributed by atoms with Gasteiger partial charge in [-0.05, 0) is 56.4 Å². The second kappa shape index (κ2) is 7.37. The third-order valence-electron chi connectivity index (χ3n) is 4.81. The number of nitrogen functional groups attached to an aromatic ring is 1. The van der Waals surface area contributed by atoms with Crippen molar-refractivity contribution in [1.82, 2.24) is 4.98 Å². The van der Waals surface area contributed by atoms with E-state index in [9.17, 15) is 10.1 Å². The van der Waals surface area contributed by atoms with Gasteiger partial charge < -0.3 is 15.8 Å². The van der Waals surface area contributed by atoms with Crippen LogP contribution in [0.2, 0.25) is 0 Å². The Morgan fingerprint density at radius 1 is 1.41 bits per heavy atom. The molecule has 0 bridgehead atoms. The molecule has 0 spiro atoms. The van der Waals surface area contributed by atoms with Gasteiger partial charge in [0.15, 0.2) is 0 Å². The summed E-state index contributed by atoms with van der Waals surface area (Å²) >= 11 is 0. The molecule has 1 unspecified atom stereocenters. The van der Waals surface area contributed by atoms with Gasteiger partial charge in [-0.15, -0.1) is 0 Å². The van der Waals surface area contributed by atoms with Gasteiger partial charge in [0.25, 0.3) is 0 Å². The number of ether oxygens (including phenoxy) is 1. The van der Waals surface area contributed by atoms with Crippen LogP contribution in [0.5, 0.6) is 0 Å². The number of rotatable bonds is 3. The fraction of sp³-hybridized carbons (Fsp3) is 0.381. The molecule has 3 rings (SSSR count). The van der Waals surface area contributed by atoms with E-state index >= 15 is 0 Å². The number of aromatic nitrogens is 1. The molecule has 1 aromatic carbocycles. The molecule has 2 heterocycles.